The van der Waals surface area contributed by atoms with E-state index in [1.807, 2.05) is 32.3 Å². The molecule has 0 amide bonds. The third-order valence-corrected chi connectivity index (χ3v) is 3.12. The first-order valence-electron chi connectivity index (χ1n) is 5.53. The molecule has 0 bridgehead atoms. The van der Waals surface area contributed by atoms with Crippen LogP contribution in [-0.4, -0.2) is 21.9 Å². The molecule has 2 aromatic rings. The van der Waals surface area contributed by atoms with Crippen molar-refractivity contribution in [3.63, 3.8) is 0 Å². The summed E-state index contributed by atoms with van der Waals surface area (Å²) < 4.78 is 7.82. The van der Waals surface area contributed by atoms with E-state index in [1.54, 1.807) is 11.8 Å². The fourth-order valence-electron chi connectivity index (χ4n) is 1.62. The highest BCUT2D eigenvalue weighted by molar-refractivity contribution is 9.10. The van der Waals surface area contributed by atoms with Crippen LogP contribution in [0, 0.1) is 6.92 Å². The molecule has 96 valence electrons. The van der Waals surface area contributed by atoms with E-state index < -0.39 is 0 Å². The summed E-state index contributed by atoms with van der Waals surface area (Å²) in [5, 5.41) is 7.56. The number of hydrogen-bond acceptors (Lipinski definition) is 4. The first kappa shape index (κ1) is 12.9. The number of nitrogens with zero attached hydrogens (tertiary/aromatic N) is 3. The van der Waals surface area contributed by atoms with E-state index in [2.05, 4.69) is 31.3 Å². The van der Waals surface area contributed by atoms with E-state index in [-0.39, 0.29) is 0 Å². The molecule has 2 aromatic heterocycles. The van der Waals surface area contributed by atoms with Crippen molar-refractivity contribution in [2.75, 3.05) is 12.4 Å². The predicted molar refractivity (Wildman–Crippen MR) is 73.8 cm³/mol. The first-order valence-corrected chi connectivity index (χ1v) is 6.32. The van der Waals surface area contributed by atoms with Crippen LogP contribution < -0.4 is 10.1 Å². The van der Waals surface area contributed by atoms with Crippen LogP contribution in [0.2, 0.25) is 0 Å². The summed E-state index contributed by atoms with van der Waals surface area (Å²) in [6.07, 6.45) is 1.83. The lowest BCUT2D eigenvalue weighted by Crippen LogP contribution is -2.03. The lowest BCUT2D eigenvalue weighted by molar-refractivity contribution is 0.373. The molecule has 18 heavy (non-hydrogen) atoms. The number of ether oxygens (including phenoxy) is 1. The second-order valence-electron chi connectivity index (χ2n) is 4.00. The van der Waals surface area contributed by atoms with Crippen molar-refractivity contribution in [2.24, 2.45) is 7.05 Å². The zero-order valence-electron chi connectivity index (χ0n) is 10.6. The zero-order valence-corrected chi connectivity index (χ0v) is 12.2. The van der Waals surface area contributed by atoms with Crippen molar-refractivity contribution in [1.29, 1.82) is 0 Å². The third-order valence-electron chi connectivity index (χ3n) is 2.51. The summed E-state index contributed by atoms with van der Waals surface area (Å²) in [4.78, 5) is 4.32. The molecule has 1 N–H and O–H groups in total. The number of aromatic nitrogens is 3. The monoisotopic (exact) mass is 310 g/mol. The van der Waals surface area contributed by atoms with Gasteiger partial charge in [0.25, 0.3) is 0 Å². The Bertz CT molecular complexity index is 553. The van der Waals surface area contributed by atoms with Gasteiger partial charge in [0.2, 0.25) is 5.88 Å². The SMILES string of the molecule is COc1cc(CNc2ncc(C)cc2Br)nn1C. The average Bonchev–Trinajstić information content (AvgIpc) is 2.69. The molecule has 0 atom stereocenters. The summed E-state index contributed by atoms with van der Waals surface area (Å²) in [6, 6.07) is 3.92. The maximum absolute atomic E-state index is 5.16. The highest BCUT2D eigenvalue weighted by Gasteiger charge is 2.06. The molecule has 2 heterocycles. The fraction of sp³-hybridized carbons (Fsp3) is 0.333. The Balaban J connectivity index is 2.06. The van der Waals surface area contributed by atoms with Crippen LogP contribution in [-0.2, 0) is 13.6 Å². The van der Waals surface area contributed by atoms with Crippen molar-refractivity contribution in [1.82, 2.24) is 14.8 Å². The Kier molecular flexibility index (Phi) is 3.86. The zero-order chi connectivity index (χ0) is 13.1. The van der Waals surface area contributed by atoms with Gasteiger partial charge in [-0.25, -0.2) is 9.67 Å². The average molecular weight is 311 g/mol. The molecule has 0 aliphatic carbocycles. The largest absolute Gasteiger partial charge is 0.481 e. The van der Waals surface area contributed by atoms with E-state index in [9.17, 15) is 0 Å². The first-order chi connectivity index (χ1) is 8.60. The Labute approximate surface area is 114 Å². The van der Waals surface area contributed by atoms with Gasteiger partial charge >= 0.3 is 0 Å². The van der Waals surface area contributed by atoms with E-state index in [0.717, 1.165) is 27.4 Å². The number of nitrogens with one attached hydrogen (secondary N) is 1. The van der Waals surface area contributed by atoms with Gasteiger partial charge in [-0.2, -0.15) is 5.10 Å². The lowest BCUT2D eigenvalue weighted by atomic mass is 10.3. The third kappa shape index (κ3) is 2.81. The molecule has 0 aliphatic heterocycles. The van der Waals surface area contributed by atoms with Gasteiger partial charge in [0, 0.05) is 19.3 Å². The van der Waals surface area contributed by atoms with Crippen molar-refractivity contribution in [2.45, 2.75) is 13.5 Å². The molecular weight excluding hydrogens is 296 g/mol. The molecule has 0 fully saturated rings. The van der Waals surface area contributed by atoms with E-state index in [0.29, 0.717) is 6.54 Å². The second-order valence-corrected chi connectivity index (χ2v) is 4.85. The van der Waals surface area contributed by atoms with Crippen molar-refractivity contribution in [3.05, 3.63) is 34.1 Å². The molecule has 0 radical (unpaired) electrons. The molecule has 0 aromatic carbocycles. The van der Waals surface area contributed by atoms with Crippen LogP contribution in [0.15, 0.2) is 22.8 Å². The molecule has 0 unspecified atom stereocenters. The van der Waals surface area contributed by atoms with Gasteiger partial charge < -0.3 is 10.1 Å². The number of halogens is 1. The van der Waals surface area contributed by atoms with Gasteiger partial charge in [-0.15, -0.1) is 0 Å². The van der Waals surface area contributed by atoms with Crippen LogP contribution in [0.25, 0.3) is 0 Å². The summed E-state index contributed by atoms with van der Waals surface area (Å²) in [5.41, 5.74) is 2.02. The number of anilines is 1. The summed E-state index contributed by atoms with van der Waals surface area (Å²) in [6.45, 7) is 2.61. The molecule has 0 saturated heterocycles. The molecule has 0 saturated carbocycles. The molecule has 2 rings (SSSR count). The van der Waals surface area contributed by atoms with Gasteiger partial charge in [-0.3, -0.25) is 0 Å². The van der Waals surface area contributed by atoms with Crippen LogP contribution >= 0.6 is 15.9 Å². The van der Waals surface area contributed by atoms with Crippen molar-refractivity contribution in [3.8, 4) is 5.88 Å². The van der Waals surface area contributed by atoms with Gasteiger partial charge in [0.15, 0.2) is 0 Å². The second kappa shape index (κ2) is 5.39. The maximum Gasteiger partial charge on any atom is 0.211 e. The smallest absolute Gasteiger partial charge is 0.211 e. The molecule has 0 aliphatic rings. The molecule has 5 nitrogen and oxygen atoms in total. The fourth-order valence-corrected chi connectivity index (χ4v) is 2.23. The van der Waals surface area contributed by atoms with Gasteiger partial charge in [0.05, 0.1) is 23.8 Å². The number of methoxy groups -OCH3 is 1. The highest BCUT2D eigenvalue weighted by Crippen LogP contribution is 2.21. The maximum atomic E-state index is 5.16. The van der Waals surface area contributed by atoms with Crippen molar-refractivity contribution >= 4 is 21.7 Å². The minimum atomic E-state index is 0.603. The predicted octanol–water partition coefficient (Wildman–Crippen LogP) is 2.51. The number of aryl methyl sites for hydroxylation is 2. The standard InChI is InChI=1S/C12H15BrN4O/c1-8-4-10(13)12(14-6-8)15-7-9-5-11(18-3)17(2)16-9/h4-6H,7H2,1-3H3,(H,14,15). The van der Waals surface area contributed by atoms with E-state index in [4.69, 9.17) is 4.74 Å². The Morgan fingerprint density at radius 1 is 1.44 bits per heavy atom. The highest BCUT2D eigenvalue weighted by atomic mass is 79.9. The number of hydrogen-bond donors (Lipinski definition) is 1. The molecular formula is C12H15BrN4O. The summed E-state index contributed by atoms with van der Waals surface area (Å²) >= 11 is 3.48. The van der Waals surface area contributed by atoms with Gasteiger partial charge in [-0.1, -0.05) is 0 Å². The Morgan fingerprint density at radius 2 is 2.22 bits per heavy atom. The van der Waals surface area contributed by atoms with Crippen LogP contribution in [0.5, 0.6) is 5.88 Å². The minimum absolute atomic E-state index is 0.603. The van der Waals surface area contributed by atoms with Crippen molar-refractivity contribution < 1.29 is 4.74 Å². The van der Waals surface area contributed by atoms with E-state index in [1.165, 1.54) is 0 Å². The number of rotatable bonds is 4. The summed E-state index contributed by atoms with van der Waals surface area (Å²) in [7, 11) is 3.48. The van der Waals surface area contributed by atoms with Crippen LogP contribution in [0.4, 0.5) is 5.82 Å². The number of pyridine rings is 1. The van der Waals surface area contributed by atoms with Gasteiger partial charge in [0.1, 0.15) is 5.82 Å². The molecule has 6 heteroatoms. The minimum Gasteiger partial charge on any atom is -0.481 e. The summed E-state index contributed by atoms with van der Waals surface area (Å²) in [5.74, 6) is 1.55. The molecule has 0 spiro atoms. The van der Waals surface area contributed by atoms with Gasteiger partial charge in [-0.05, 0) is 34.5 Å². The van der Waals surface area contributed by atoms with E-state index >= 15 is 0 Å². The van der Waals surface area contributed by atoms with Crippen LogP contribution in [0.1, 0.15) is 11.3 Å². The Hall–Kier alpha value is -1.56. The van der Waals surface area contributed by atoms with Crippen LogP contribution in [0.3, 0.4) is 0 Å². The normalized spacial score (nSPS) is 10.4. The lowest BCUT2D eigenvalue weighted by Gasteiger charge is -2.06. The Morgan fingerprint density at radius 3 is 2.83 bits per heavy atom. The quantitative estimate of drug-likeness (QED) is 0.942. The topological polar surface area (TPSA) is 52.0 Å².